The minimum Gasteiger partial charge on any atom is -0.545 e. The number of quaternary nitrogens is 1. The summed E-state index contributed by atoms with van der Waals surface area (Å²) in [6.45, 7) is 4.61. The summed E-state index contributed by atoms with van der Waals surface area (Å²) >= 11 is 0. The van der Waals surface area contributed by atoms with Gasteiger partial charge >= 0.3 is 11.9 Å². The molecule has 0 saturated carbocycles. The summed E-state index contributed by atoms with van der Waals surface area (Å²) in [5.41, 5.74) is 0. The highest BCUT2D eigenvalue weighted by atomic mass is 16.7. The average molecular weight is 1100 g/mol. The van der Waals surface area contributed by atoms with Gasteiger partial charge in [0.25, 0.3) is 0 Å². The lowest BCUT2D eigenvalue weighted by Gasteiger charge is -2.26. The highest BCUT2D eigenvalue weighted by Gasteiger charge is 2.22. The first-order valence-electron chi connectivity index (χ1n) is 31.3. The fourth-order valence-corrected chi connectivity index (χ4v) is 8.13. The van der Waals surface area contributed by atoms with E-state index in [0.29, 0.717) is 17.4 Å². The number of rotatable bonds is 56. The lowest BCUT2D eigenvalue weighted by molar-refractivity contribution is -0.870. The van der Waals surface area contributed by atoms with E-state index >= 15 is 0 Å². The van der Waals surface area contributed by atoms with Crippen molar-refractivity contribution in [3.8, 4) is 0 Å². The van der Waals surface area contributed by atoms with E-state index in [4.69, 9.17) is 18.9 Å². The molecule has 79 heavy (non-hydrogen) atoms. The zero-order valence-electron chi connectivity index (χ0n) is 50.9. The van der Waals surface area contributed by atoms with Crippen LogP contribution in [0.4, 0.5) is 0 Å². The Labute approximate surface area is 484 Å². The topological polar surface area (TPSA) is 111 Å². The molecule has 0 radical (unpaired) electrons. The lowest BCUT2D eigenvalue weighted by Crippen LogP contribution is -2.44. The number of unbranched alkanes of at least 4 members (excludes halogenated alkanes) is 19. The molecule has 0 aliphatic heterocycles. The number of carbonyl (C=O) groups is 3. The van der Waals surface area contributed by atoms with Gasteiger partial charge in [-0.15, -0.1) is 0 Å². The van der Waals surface area contributed by atoms with Crippen LogP contribution in [0.5, 0.6) is 0 Å². The zero-order valence-corrected chi connectivity index (χ0v) is 50.9. The molecule has 0 amide bonds. The van der Waals surface area contributed by atoms with Crippen LogP contribution >= 0.6 is 0 Å². The molecule has 0 N–H and O–H groups in total. The molecule has 0 aliphatic rings. The Kier molecular flexibility index (Phi) is 56.1. The maximum atomic E-state index is 12.9. The predicted molar refractivity (Wildman–Crippen MR) is 333 cm³/mol. The summed E-state index contributed by atoms with van der Waals surface area (Å²) in [6.07, 6.45) is 82.3. The van der Waals surface area contributed by atoms with Crippen molar-refractivity contribution in [3.05, 3.63) is 134 Å². The van der Waals surface area contributed by atoms with Gasteiger partial charge < -0.3 is 33.3 Å². The molecule has 0 aromatic rings. The van der Waals surface area contributed by atoms with Gasteiger partial charge in [-0.25, -0.2) is 0 Å². The zero-order chi connectivity index (χ0) is 57.6. The van der Waals surface area contributed by atoms with Crippen molar-refractivity contribution < 1.29 is 42.9 Å². The SMILES string of the molecule is CC/C=C\C/C=C\C/C=C\C/C=C\C/C=C\C/C=C\C/C=C\C/C=C\C/C=C\C/C=C\C/C=C\CCCCCCCCCC(=O)OC(COC(=O)CCCCCCCCCCCCCCC)COC(OCC[N+](C)(C)C)C(=O)[O-]. The molecular formula is C70H115NO8. The fourth-order valence-electron chi connectivity index (χ4n) is 8.13. The highest BCUT2D eigenvalue weighted by Crippen LogP contribution is 2.15. The van der Waals surface area contributed by atoms with E-state index in [1.807, 2.05) is 21.1 Å². The molecule has 9 nitrogen and oxygen atoms in total. The third-order valence-electron chi connectivity index (χ3n) is 12.9. The minimum absolute atomic E-state index is 0.140. The van der Waals surface area contributed by atoms with E-state index in [-0.39, 0.29) is 38.6 Å². The molecule has 448 valence electrons. The third-order valence-corrected chi connectivity index (χ3v) is 12.9. The molecule has 2 unspecified atom stereocenters. The normalized spacial score (nSPS) is 13.7. The smallest absolute Gasteiger partial charge is 0.306 e. The number of ether oxygens (including phenoxy) is 4. The Hall–Kier alpha value is -4.57. The number of nitrogens with zero attached hydrogens (tertiary/aromatic N) is 1. The molecule has 0 fully saturated rings. The van der Waals surface area contributed by atoms with Crippen LogP contribution in [0.25, 0.3) is 0 Å². The van der Waals surface area contributed by atoms with Crippen molar-refractivity contribution in [2.75, 3.05) is 47.5 Å². The van der Waals surface area contributed by atoms with Gasteiger partial charge in [0.05, 0.1) is 40.3 Å². The molecule has 0 bridgehead atoms. The van der Waals surface area contributed by atoms with E-state index in [0.717, 1.165) is 116 Å². The number of allylic oxidation sites excluding steroid dienone is 22. The van der Waals surface area contributed by atoms with Crippen molar-refractivity contribution >= 4 is 17.9 Å². The molecule has 0 aromatic heterocycles. The van der Waals surface area contributed by atoms with E-state index in [2.05, 4.69) is 148 Å². The van der Waals surface area contributed by atoms with Gasteiger partial charge in [-0.1, -0.05) is 257 Å². The number of aliphatic carboxylic acids is 1. The number of hydrogen-bond donors (Lipinski definition) is 0. The summed E-state index contributed by atoms with van der Waals surface area (Å²) < 4.78 is 22.7. The number of likely N-dealkylation sites (N-methyl/N-ethyl adjacent to an activating group) is 1. The van der Waals surface area contributed by atoms with Crippen LogP contribution in [0, 0.1) is 0 Å². The Bertz CT molecular complexity index is 1750. The molecule has 2 atom stereocenters. The van der Waals surface area contributed by atoms with Crippen molar-refractivity contribution in [2.45, 2.75) is 245 Å². The van der Waals surface area contributed by atoms with Crippen LogP contribution in [0.1, 0.15) is 232 Å². The molecule has 0 aliphatic carbocycles. The number of carbonyl (C=O) groups excluding carboxylic acids is 3. The van der Waals surface area contributed by atoms with Crippen LogP contribution in [0.15, 0.2) is 134 Å². The molecule has 9 heteroatoms. The van der Waals surface area contributed by atoms with E-state index in [1.165, 1.54) is 83.5 Å². The fraction of sp³-hybridized carbons (Fsp3) is 0.643. The van der Waals surface area contributed by atoms with E-state index < -0.39 is 24.3 Å². The maximum Gasteiger partial charge on any atom is 0.306 e. The quantitative estimate of drug-likeness (QED) is 0.0195. The summed E-state index contributed by atoms with van der Waals surface area (Å²) in [5, 5.41) is 11.8. The first kappa shape index (κ1) is 74.4. The lowest BCUT2D eigenvalue weighted by atomic mass is 10.0. The van der Waals surface area contributed by atoms with Crippen molar-refractivity contribution in [1.82, 2.24) is 0 Å². The molecule has 0 saturated heterocycles. The second-order valence-corrected chi connectivity index (χ2v) is 21.6. The molecular weight excluding hydrogens is 983 g/mol. The van der Waals surface area contributed by atoms with Crippen LogP contribution < -0.4 is 5.11 Å². The average Bonchev–Trinajstić information content (AvgIpc) is 3.42. The monoisotopic (exact) mass is 1100 g/mol. The summed E-state index contributed by atoms with van der Waals surface area (Å²) in [5.74, 6) is -2.31. The van der Waals surface area contributed by atoms with Crippen molar-refractivity contribution in [2.24, 2.45) is 0 Å². The van der Waals surface area contributed by atoms with E-state index in [1.54, 1.807) is 0 Å². The van der Waals surface area contributed by atoms with Gasteiger partial charge in [-0.3, -0.25) is 9.59 Å². The van der Waals surface area contributed by atoms with Gasteiger partial charge in [-0.2, -0.15) is 0 Å². The van der Waals surface area contributed by atoms with Crippen LogP contribution in [-0.2, 0) is 33.3 Å². The largest absolute Gasteiger partial charge is 0.545 e. The summed E-state index contributed by atoms with van der Waals surface area (Å²) in [4.78, 5) is 37.2. The molecule has 0 rings (SSSR count). The second-order valence-electron chi connectivity index (χ2n) is 21.6. The first-order valence-corrected chi connectivity index (χ1v) is 31.3. The second kappa shape index (κ2) is 59.5. The third kappa shape index (κ3) is 60.9. The predicted octanol–water partition coefficient (Wildman–Crippen LogP) is 17.7. The van der Waals surface area contributed by atoms with Crippen molar-refractivity contribution in [1.29, 1.82) is 0 Å². The molecule has 0 heterocycles. The Balaban J connectivity index is 4.16. The van der Waals surface area contributed by atoms with Crippen LogP contribution in [0.3, 0.4) is 0 Å². The number of carboxylic acids is 1. The molecule has 0 aromatic carbocycles. The standard InChI is InChI=1S/C70H115NO8/c1-6-8-10-12-14-16-18-20-21-22-23-24-25-26-27-28-29-30-31-32-33-34-35-36-37-38-39-40-41-42-43-44-45-46-47-49-51-53-55-57-59-61-68(73)79-66(65-78-70(69(74)75)76-63-62-71(3,4)5)64-77-67(72)60-58-56-54-52-50-48-19-17-15-13-11-9-7-2/h8,10,14,16,20-21,23-24,26-27,29-30,32-33,35-36,38-39,41-42,44-45,66,70H,6-7,9,11-13,15,17-19,22,25,28,31,34,37,40,43,46-65H2,1-5H3/b10-8-,16-14-,21-20-,24-23-,27-26-,30-29-,33-32-,36-35-,39-38-,42-41-,45-44-. The minimum atomic E-state index is -1.63. The van der Waals surface area contributed by atoms with Gasteiger partial charge in [0, 0.05) is 12.8 Å². The first-order chi connectivity index (χ1) is 38.6. The van der Waals surface area contributed by atoms with Gasteiger partial charge in [-0.05, 0) is 96.3 Å². The van der Waals surface area contributed by atoms with Gasteiger partial charge in [0.2, 0.25) is 0 Å². The van der Waals surface area contributed by atoms with E-state index in [9.17, 15) is 19.5 Å². The maximum absolute atomic E-state index is 12.9. The van der Waals surface area contributed by atoms with Crippen LogP contribution in [0.2, 0.25) is 0 Å². The van der Waals surface area contributed by atoms with Crippen LogP contribution in [-0.4, -0.2) is 82.3 Å². The Morgan fingerprint density at radius 3 is 1.08 bits per heavy atom. The summed E-state index contributed by atoms with van der Waals surface area (Å²) in [6, 6.07) is 0. The van der Waals surface area contributed by atoms with Gasteiger partial charge in [0.1, 0.15) is 13.2 Å². The van der Waals surface area contributed by atoms with Crippen molar-refractivity contribution in [3.63, 3.8) is 0 Å². The summed E-state index contributed by atoms with van der Waals surface area (Å²) in [7, 11) is 5.91. The number of hydrogen-bond acceptors (Lipinski definition) is 8. The Morgan fingerprint density at radius 2 is 0.722 bits per heavy atom. The van der Waals surface area contributed by atoms with Gasteiger partial charge in [0.15, 0.2) is 12.4 Å². The molecule has 0 spiro atoms. The highest BCUT2D eigenvalue weighted by molar-refractivity contribution is 5.70. The Morgan fingerprint density at radius 1 is 0.392 bits per heavy atom. The number of carboxylic acid groups (broad SMARTS) is 1. The number of esters is 2.